The molecule has 2 aromatic carbocycles. The third-order valence-electron chi connectivity index (χ3n) is 7.01. The zero-order valence-electron chi connectivity index (χ0n) is 23.9. The Morgan fingerprint density at radius 1 is 0.833 bits per heavy atom. The van der Waals surface area contributed by atoms with Gasteiger partial charge in [-0.05, 0) is 75.5 Å². The molecular formula is C34H50N2. The molecule has 3 rings (SSSR count). The number of nitrogens with zero attached hydrogens (tertiary/aromatic N) is 2. The minimum atomic E-state index is 0.793. The lowest BCUT2D eigenvalue weighted by Crippen LogP contribution is -2.21. The second-order valence-corrected chi connectivity index (χ2v) is 10.2. The van der Waals surface area contributed by atoms with Crippen molar-refractivity contribution in [2.24, 2.45) is 10.9 Å². The van der Waals surface area contributed by atoms with Gasteiger partial charge < -0.3 is 4.90 Å². The highest BCUT2D eigenvalue weighted by Gasteiger charge is 2.27. The van der Waals surface area contributed by atoms with E-state index in [1.165, 1.54) is 71.5 Å². The molecule has 0 unspecified atom stereocenters. The van der Waals surface area contributed by atoms with Crippen LogP contribution in [0.4, 0.5) is 0 Å². The molecule has 0 bridgehead atoms. The van der Waals surface area contributed by atoms with Crippen LogP contribution in [-0.4, -0.2) is 10.6 Å². The van der Waals surface area contributed by atoms with E-state index in [0.717, 1.165) is 38.3 Å². The van der Waals surface area contributed by atoms with Crippen LogP contribution in [0.25, 0.3) is 0 Å². The maximum absolute atomic E-state index is 4.84. The fraction of sp³-hybridized carbons (Fsp3) is 0.500. The Bertz CT molecular complexity index is 962. The summed E-state index contributed by atoms with van der Waals surface area (Å²) in [5.41, 5.74) is 9.49. The predicted octanol–water partition coefficient (Wildman–Crippen LogP) is 9.91. The quantitative estimate of drug-likeness (QED) is 0.257. The van der Waals surface area contributed by atoms with Crippen molar-refractivity contribution in [2.45, 2.75) is 106 Å². The van der Waals surface area contributed by atoms with Crippen molar-refractivity contribution in [1.29, 1.82) is 0 Å². The topological polar surface area (TPSA) is 15.6 Å². The minimum Gasteiger partial charge on any atom is -0.367 e. The van der Waals surface area contributed by atoms with Crippen LogP contribution in [0.2, 0.25) is 0 Å². The molecule has 0 N–H and O–H groups in total. The number of benzene rings is 2. The molecule has 2 nitrogen and oxygen atoms in total. The minimum absolute atomic E-state index is 0.793. The highest BCUT2D eigenvalue weighted by atomic mass is 15.1. The van der Waals surface area contributed by atoms with Crippen LogP contribution in [0.15, 0.2) is 83.1 Å². The summed E-state index contributed by atoms with van der Waals surface area (Å²) >= 11 is 0. The average molecular weight is 487 g/mol. The number of rotatable bonds is 13. The molecule has 0 aromatic heterocycles. The van der Waals surface area contributed by atoms with Gasteiger partial charge in [0, 0.05) is 36.1 Å². The smallest absolute Gasteiger partial charge is 0.0430 e. The van der Waals surface area contributed by atoms with Gasteiger partial charge in [-0.3, -0.25) is 4.99 Å². The molecule has 1 aliphatic rings. The molecule has 0 saturated heterocycles. The van der Waals surface area contributed by atoms with E-state index in [2.05, 4.69) is 108 Å². The fourth-order valence-corrected chi connectivity index (χ4v) is 4.17. The maximum atomic E-state index is 4.84. The molecule has 0 aliphatic heterocycles. The number of allylic oxidation sites excluding steroid dienone is 3. The Morgan fingerprint density at radius 3 is 1.92 bits per heavy atom. The molecule has 1 aliphatic carbocycles. The SMILES string of the molecule is C=C(CC)N(Cc1ccccc1)Cc1ccc(CC)cc1.CCCCC(C)=N/C(=C(\C)CC)C1CC1. The first kappa shape index (κ1) is 29.6. The van der Waals surface area contributed by atoms with Gasteiger partial charge in [-0.2, -0.15) is 0 Å². The predicted molar refractivity (Wildman–Crippen MR) is 159 cm³/mol. The zero-order valence-corrected chi connectivity index (χ0v) is 23.9. The van der Waals surface area contributed by atoms with Crippen LogP contribution >= 0.6 is 0 Å². The summed E-state index contributed by atoms with van der Waals surface area (Å²) < 4.78 is 0. The first-order valence-corrected chi connectivity index (χ1v) is 14.2. The Morgan fingerprint density at radius 2 is 1.42 bits per heavy atom. The largest absolute Gasteiger partial charge is 0.367 e. The van der Waals surface area contributed by atoms with Crippen molar-refractivity contribution in [3.05, 3.63) is 94.8 Å². The molecule has 36 heavy (non-hydrogen) atoms. The summed E-state index contributed by atoms with van der Waals surface area (Å²) in [7, 11) is 0. The Hall–Kier alpha value is -2.61. The van der Waals surface area contributed by atoms with Gasteiger partial charge >= 0.3 is 0 Å². The summed E-state index contributed by atoms with van der Waals surface area (Å²) in [6, 6.07) is 19.5. The van der Waals surface area contributed by atoms with Crippen LogP contribution in [0.1, 0.15) is 103 Å². The summed E-state index contributed by atoms with van der Waals surface area (Å²) in [6.07, 6.45) is 9.66. The second kappa shape index (κ2) is 16.2. The van der Waals surface area contributed by atoms with Gasteiger partial charge in [0.15, 0.2) is 0 Å². The third-order valence-corrected chi connectivity index (χ3v) is 7.01. The molecule has 0 heterocycles. The van der Waals surface area contributed by atoms with Crippen LogP contribution in [0, 0.1) is 5.92 Å². The normalized spacial score (nSPS) is 14.0. The molecule has 196 valence electrons. The molecule has 1 saturated carbocycles. The van der Waals surface area contributed by atoms with E-state index in [-0.39, 0.29) is 0 Å². The summed E-state index contributed by atoms with van der Waals surface area (Å²) in [4.78, 5) is 7.21. The van der Waals surface area contributed by atoms with E-state index in [9.17, 15) is 0 Å². The molecule has 0 spiro atoms. The standard InChI is InChI=1S/C20H25N.C14H25N/c1-4-17(3)21(15-19-9-7-6-8-10-19)16-20-13-11-18(5-2)12-14-20;1-5-7-8-12(4)15-14(11(3)6-2)13-9-10-13/h6-14H,3-5,15-16H2,1-2H3;13H,5-10H2,1-4H3/b;14-11+,15-12?. The number of hydrogen-bond acceptors (Lipinski definition) is 2. The first-order valence-electron chi connectivity index (χ1n) is 14.2. The molecular weight excluding hydrogens is 436 g/mol. The monoisotopic (exact) mass is 486 g/mol. The van der Waals surface area contributed by atoms with Gasteiger partial charge in [0.25, 0.3) is 0 Å². The molecule has 2 aromatic rings. The number of aliphatic imine (C=N–C) groups is 1. The van der Waals surface area contributed by atoms with Crippen molar-refractivity contribution >= 4 is 5.71 Å². The van der Waals surface area contributed by atoms with Gasteiger partial charge in [0.2, 0.25) is 0 Å². The van der Waals surface area contributed by atoms with Crippen molar-refractivity contribution in [3.63, 3.8) is 0 Å². The van der Waals surface area contributed by atoms with E-state index in [4.69, 9.17) is 4.99 Å². The van der Waals surface area contributed by atoms with Crippen molar-refractivity contribution in [1.82, 2.24) is 4.90 Å². The summed E-state index contributed by atoms with van der Waals surface area (Å²) in [5.74, 6) is 0.793. The Kier molecular flexibility index (Phi) is 13.3. The maximum Gasteiger partial charge on any atom is 0.0430 e. The number of hydrogen-bond donors (Lipinski definition) is 0. The third kappa shape index (κ3) is 10.6. The van der Waals surface area contributed by atoms with Crippen LogP contribution in [0.5, 0.6) is 0 Å². The average Bonchev–Trinajstić information content (AvgIpc) is 3.76. The van der Waals surface area contributed by atoms with E-state index in [1.54, 1.807) is 0 Å². The van der Waals surface area contributed by atoms with Gasteiger partial charge in [0.05, 0.1) is 0 Å². The first-order chi connectivity index (χ1) is 17.4. The van der Waals surface area contributed by atoms with Crippen LogP contribution in [0.3, 0.4) is 0 Å². The lowest BCUT2D eigenvalue weighted by Gasteiger charge is -2.26. The molecule has 0 amide bonds. The zero-order chi connectivity index (χ0) is 26.3. The van der Waals surface area contributed by atoms with Gasteiger partial charge in [-0.25, -0.2) is 0 Å². The molecule has 1 fully saturated rings. The highest BCUT2D eigenvalue weighted by Crippen LogP contribution is 2.39. The lowest BCUT2D eigenvalue weighted by molar-refractivity contribution is 0.321. The number of aryl methyl sites for hydroxylation is 1. The van der Waals surface area contributed by atoms with Crippen LogP contribution < -0.4 is 0 Å². The Balaban J connectivity index is 0.000000269. The van der Waals surface area contributed by atoms with Gasteiger partial charge in [-0.15, -0.1) is 0 Å². The summed E-state index contributed by atoms with van der Waals surface area (Å²) in [6.45, 7) is 19.3. The van der Waals surface area contributed by atoms with E-state index < -0.39 is 0 Å². The fourth-order valence-electron chi connectivity index (χ4n) is 4.17. The molecule has 2 heteroatoms. The van der Waals surface area contributed by atoms with Gasteiger partial charge in [-0.1, -0.05) is 101 Å². The highest BCUT2D eigenvalue weighted by molar-refractivity contribution is 5.83. The van der Waals surface area contributed by atoms with Crippen molar-refractivity contribution in [2.75, 3.05) is 0 Å². The van der Waals surface area contributed by atoms with E-state index >= 15 is 0 Å². The lowest BCUT2D eigenvalue weighted by atomic mass is 10.1. The second-order valence-electron chi connectivity index (χ2n) is 10.2. The van der Waals surface area contributed by atoms with Crippen molar-refractivity contribution in [3.8, 4) is 0 Å². The van der Waals surface area contributed by atoms with E-state index in [0.29, 0.717) is 0 Å². The van der Waals surface area contributed by atoms with E-state index in [1.807, 2.05) is 0 Å². The molecule has 0 radical (unpaired) electrons. The van der Waals surface area contributed by atoms with Gasteiger partial charge in [0.1, 0.15) is 0 Å². The van der Waals surface area contributed by atoms with Crippen LogP contribution in [-0.2, 0) is 19.5 Å². The van der Waals surface area contributed by atoms with Crippen molar-refractivity contribution < 1.29 is 0 Å². The summed E-state index contributed by atoms with van der Waals surface area (Å²) in [5, 5.41) is 0. The molecule has 0 atom stereocenters. The Labute approximate surface area is 222 Å². The number of unbranched alkanes of at least 4 members (excludes halogenated alkanes) is 1.